The number of rotatable bonds is 4. The highest BCUT2D eigenvalue weighted by Gasteiger charge is 2.30. The Hall–Kier alpha value is -2.70. The molecule has 1 aromatic carbocycles. The third-order valence-electron chi connectivity index (χ3n) is 4.38. The van der Waals surface area contributed by atoms with Crippen LogP contribution in [0, 0.1) is 5.92 Å². The molecule has 0 saturated heterocycles. The first-order chi connectivity index (χ1) is 12.0. The predicted octanol–water partition coefficient (Wildman–Crippen LogP) is 1.62. The Morgan fingerprint density at radius 2 is 1.96 bits per heavy atom. The van der Waals surface area contributed by atoms with Crippen molar-refractivity contribution < 1.29 is 9.59 Å². The van der Waals surface area contributed by atoms with Crippen molar-refractivity contribution in [3.63, 3.8) is 0 Å². The molecule has 2 aromatic rings. The van der Waals surface area contributed by atoms with E-state index < -0.39 is 0 Å². The summed E-state index contributed by atoms with van der Waals surface area (Å²) in [6.45, 7) is 6.72. The van der Waals surface area contributed by atoms with E-state index in [2.05, 4.69) is 15.4 Å². The molecule has 0 fully saturated rings. The van der Waals surface area contributed by atoms with Gasteiger partial charge in [0.05, 0.1) is 19.1 Å². The van der Waals surface area contributed by atoms with Gasteiger partial charge in [-0.1, -0.05) is 44.2 Å². The van der Waals surface area contributed by atoms with Gasteiger partial charge in [-0.15, -0.1) is 0 Å². The van der Waals surface area contributed by atoms with Crippen LogP contribution in [0.25, 0.3) is 11.4 Å². The third kappa shape index (κ3) is 3.55. The molecule has 0 spiro atoms. The maximum Gasteiger partial charge on any atom is 0.242 e. The van der Waals surface area contributed by atoms with Crippen molar-refractivity contribution in [2.24, 2.45) is 5.92 Å². The van der Waals surface area contributed by atoms with Gasteiger partial charge >= 0.3 is 0 Å². The molecule has 0 aliphatic carbocycles. The van der Waals surface area contributed by atoms with E-state index in [4.69, 9.17) is 0 Å². The molecular formula is C18H23N5O2. The molecule has 2 heterocycles. The lowest BCUT2D eigenvalue weighted by molar-refractivity contribution is -0.136. The van der Waals surface area contributed by atoms with Crippen LogP contribution in [-0.2, 0) is 16.1 Å². The van der Waals surface area contributed by atoms with Crippen molar-refractivity contribution >= 4 is 11.8 Å². The van der Waals surface area contributed by atoms with Crippen LogP contribution in [0.2, 0.25) is 0 Å². The van der Waals surface area contributed by atoms with Gasteiger partial charge in [-0.3, -0.25) is 9.59 Å². The Labute approximate surface area is 147 Å². The van der Waals surface area contributed by atoms with Gasteiger partial charge in [0.1, 0.15) is 5.82 Å². The summed E-state index contributed by atoms with van der Waals surface area (Å²) in [7, 11) is 0. The van der Waals surface area contributed by atoms with Crippen LogP contribution < -0.4 is 5.32 Å². The second kappa shape index (κ2) is 7.04. The molecule has 1 aliphatic rings. The van der Waals surface area contributed by atoms with Gasteiger partial charge in [-0.25, -0.2) is 9.67 Å². The van der Waals surface area contributed by atoms with Crippen molar-refractivity contribution in [3.8, 4) is 11.4 Å². The molecule has 1 N–H and O–H groups in total. The quantitative estimate of drug-likeness (QED) is 0.916. The minimum absolute atomic E-state index is 0.0149. The zero-order valence-electron chi connectivity index (χ0n) is 14.8. The number of aromatic nitrogens is 3. The molecular weight excluding hydrogens is 318 g/mol. The van der Waals surface area contributed by atoms with Crippen molar-refractivity contribution in [1.29, 1.82) is 0 Å². The highest BCUT2D eigenvalue weighted by molar-refractivity contribution is 5.85. The smallest absolute Gasteiger partial charge is 0.242 e. The first-order valence-corrected chi connectivity index (χ1v) is 8.54. The monoisotopic (exact) mass is 341 g/mol. The SMILES string of the molecule is CC(C)C(=O)NCC(=O)N1CCn2nc(-c3ccccc3)nc2[C@@H]1C. The van der Waals surface area contributed by atoms with Crippen LogP contribution in [0.15, 0.2) is 30.3 Å². The summed E-state index contributed by atoms with van der Waals surface area (Å²) in [5.74, 6) is 1.09. The molecule has 0 unspecified atom stereocenters. The first kappa shape index (κ1) is 17.1. The largest absolute Gasteiger partial charge is 0.347 e. The number of hydrogen-bond acceptors (Lipinski definition) is 4. The Bertz CT molecular complexity index is 769. The molecule has 132 valence electrons. The highest BCUT2D eigenvalue weighted by Crippen LogP contribution is 2.26. The predicted molar refractivity (Wildman–Crippen MR) is 93.4 cm³/mol. The molecule has 3 rings (SSSR count). The van der Waals surface area contributed by atoms with E-state index in [1.807, 2.05) is 41.9 Å². The maximum absolute atomic E-state index is 12.5. The standard InChI is InChI=1S/C18H23N5O2/c1-12(2)18(25)19-11-15(24)22-9-10-23-17(13(22)3)20-16(21-23)14-7-5-4-6-8-14/h4-8,12-13H,9-11H2,1-3H3,(H,19,25)/t13-/m0/s1. The summed E-state index contributed by atoms with van der Waals surface area (Å²) < 4.78 is 1.86. The van der Waals surface area contributed by atoms with E-state index in [1.165, 1.54) is 0 Å². The van der Waals surface area contributed by atoms with E-state index in [1.54, 1.807) is 18.7 Å². The lowest BCUT2D eigenvalue weighted by atomic mass is 10.2. The van der Waals surface area contributed by atoms with Gasteiger partial charge in [0.25, 0.3) is 0 Å². The van der Waals surface area contributed by atoms with Crippen molar-refractivity contribution in [2.45, 2.75) is 33.4 Å². The van der Waals surface area contributed by atoms with E-state index in [0.717, 1.165) is 11.4 Å². The van der Waals surface area contributed by atoms with Gasteiger partial charge in [-0.2, -0.15) is 5.10 Å². The van der Waals surface area contributed by atoms with Crippen LogP contribution in [0.1, 0.15) is 32.6 Å². The summed E-state index contributed by atoms with van der Waals surface area (Å²) in [6.07, 6.45) is 0. The van der Waals surface area contributed by atoms with Gasteiger partial charge in [-0.05, 0) is 6.92 Å². The zero-order valence-corrected chi connectivity index (χ0v) is 14.8. The lowest BCUT2D eigenvalue weighted by Gasteiger charge is -2.33. The van der Waals surface area contributed by atoms with Crippen LogP contribution >= 0.6 is 0 Å². The molecule has 7 nitrogen and oxygen atoms in total. The fourth-order valence-electron chi connectivity index (χ4n) is 2.88. The summed E-state index contributed by atoms with van der Waals surface area (Å²) in [5.41, 5.74) is 0.957. The zero-order chi connectivity index (χ0) is 18.0. The number of carbonyl (C=O) groups is 2. The minimum atomic E-state index is -0.179. The molecule has 0 saturated carbocycles. The average Bonchev–Trinajstić information content (AvgIpc) is 3.05. The van der Waals surface area contributed by atoms with Crippen molar-refractivity contribution in [2.75, 3.05) is 13.1 Å². The second-order valence-electron chi connectivity index (χ2n) is 6.52. The first-order valence-electron chi connectivity index (χ1n) is 8.54. The molecule has 1 aliphatic heterocycles. The number of nitrogens with one attached hydrogen (secondary N) is 1. The summed E-state index contributed by atoms with van der Waals surface area (Å²) in [6, 6.07) is 9.61. The van der Waals surface area contributed by atoms with E-state index in [-0.39, 0.29) is 30.3 Å². The Morgan fingerprint density at radius 3 is 2.64 bits per heavy atom. The Morgan fingerprint density at radius 1 is 1.24 bits per heavy atom. The fraction of sp³-hybridized carbons (Fsp3) is 0.444. The lowest BCUT2D eigenvalue weighted by Crippen LogP contribution is -2.46. The molecule has 1 atom stereocenters. The van der Waals surface area contributed by atoms with Crippen molar-refractivity contribution in [1.82, 2.24) is 25.0 Å². The second-order valence-corrected chi connectivity index (χ2v) is 6.52. The minimum Gasteiger partial charge on any atom is -0.347 e. The van der Waals surface area contributed by atoms with Crippen molar-refractivity contribution in [3.05, 3.63) is 36.2 Å². The normalized spacial score (nSPS) is 16.6. The van der Waals surface area contributed by atoms with Gasteiger partial charge < -0.3 is 10.2 Å². The van der Waals surface area contributed by atoms with Crippen LogP contribution in [-0.4, -0.2) is 44.6 Å². The summed E-state index contributed by atoms with van der Waals surface area (Å²) in [5, 5.41) is 7.24. The Balaban J connectivity index is 1.73. The summed E-state index contributed by atoms with van der Waals surface area (Å²) in [4.78, 5) is 30.5. The van der Waals surface area contributed by atoms with Gasteiger partial charge in [0.15, 0.2) is 5.82 Å². The van der Waals surface area contributed by atoms with E-state index >= 15 is 0 Å². The highest BCUT2D eigenvalue weighted by atomic mass is 16.2. The number of carbonyl (C=O) groups excluding carboxylic acids is 2. The van der Waals surface area contributed by atoms with Crippen LogP contribution in [0.3, 0.4) is 0 Å². The average molecular weight is 341 g/mol. The molecule has 0 radical (unpaired) electrons. The van der Waals surface area contributed by atoms with E-state index in [9.17, 15) is 9.59 Å². The van der Waals surface area contributed by atoms with Gasteiger partial charge in [0, 0.05) is 18.0 Å². The number of nitrogens with zero attached hydrogens (tertiary/aromatic N) is 4. The van der Waals surface area contributed by atoms with E-state index in [0.29, 0.717) is 18.9 Å². The molecule has 7 heteroatoms. The van der Waals surface area contributed by atoms with Crippen LogP contribution in [0.5, 0.6) is 0 Å². The number of hydrogen-bond donors (Lipinski definition) is 1. The van der Waals surface area contributed by atoms with Gasteiger partial charge in [0.2, 0.25) is 11.8 Å². The molecule has 2 amide bonds. The number of fused-ring (bicyclic) bond motifs is 1. The Kier molecular flexibility index (Phi) is 4.83. The fourth-order valence-corrected chi connectivity index (χ4v) is 2.88. The molecule has 25 heavy (non-hydrogen) atoms. The third-order valence-corrected chi connectivity index (χ3v) is 4.38. The molecule has 1 aromatic heterocycles. The maximum atomic E-state index is 12.5. The topological polar surface area (TPSA) is 80.1 Å². The number of benzene rings is 1. The molecule has 0 bridgehead atoms. The number of amides is 2. The van der Waals surface area contributed by atoms with Crippen LogP contribution in [0.4, 0.5) is 0 Å². The summed E-state index contributed by atoms with van der Waals surface area (Å²) >= 11 is 0.